The highest BCUT2D eigenvalue weighted by Gasteiger charge is 2.22. The van der Waals surface area contributed by atoms with Gasteiger partial charge in [0.15, 0.2) is 0 Å². The first-order valence-electron chi connectivity index (χ1n) is 10.6. The molecule has 1 aliphatic rings. The second kappa shape index (κ2) is 8.52. The van der Waals surface area contributed by atoms with Crippen LogP contribution in [0.25, 0.3) is 20.4 Å². The zero-order valence-electron chi connectivity index (χ0n) is 17.4. The van der Waals surface area contributed by atoms with Gasteiger partial charge in [0.25, 0.3) is 0 Å². The molecule has 0 bridgehead atoms. The number of hydrogen-bond acceptors (Lipinski definition) is 6. The van der Waals surface area contributed by atoms with Crippen molar-refractivity contribution in [2.75, 3.05) is 7.11 Å². The molecule has 3 aromatic heterocycles. The number of fused-ring (bicyclic) bond motifs is 5. The number of nitrogens with zero attached hydrogens (tertiary/aromatic N) is 3. The molecule has 1 aromatic carbocycles. The molecule has 1 aliphatic carbocycles. The zero-order chi connectivity index (χ0) is 20.5. The fourth-order valence-corrected chi connectivity index (χ4v) is 6.55. The van der Waals surface area contributed by atoms with Crippen molar-refractivity contribution in [2.24, 2.45) is 0 Å². The summed E-state index contributed by atoms with van der Waals surface area (Å²) in [6, 6.07) is 8.25. The number of methoxy groups -OCH3 is 1. The summed E-state index contributed by atoms with van der Waals surface area (Å²) in [5.41, 5.74) is 6.67. The van der Waals surface area contributed by atoms with Crippen LogP contribution in [0, 0.1) is 0 Å². The second-order valence-electron chi connectivity index (χ2n) is 7.75. The fourth-order valence-electron chi connectivity index (χ4n) is 4.34. The lowest BCUT2D eigenvalue weighted by atomic mass is 9.88. The number of thioether (sulfide) groups is 1. The predicted octanol–water partition coefficient (Wildman–Crippen LogP) is 6.37. The molecular weight excluding hydrogens is 410 g/mol. The van der Waals surface area contributed by atoms with E-state index in [0.29, 0.717) is 0 Å². The third-order valence-electron chi connectivity index (χ3n) is 5.80. The van der Waals surface area contributed by atoms with Gasteiger partial charge in [0.1, 0.15) is 21.9 Å². The Hall–Kier alpha value is -2.18. The lowest BCUT2D eigenvalue weighted by Gasteiger charge is -2.19. The molecule has 30 heavy (non-hydrogen) atoms. The Morgan fingerprint density at radius 3 is 2.63 bits per heavy atom. The maximum Gasteiger partial charge on any atom is 0.126 e. The largest absolute Gasteiger partial charge is 0.497 e. The average molecular weight is 436 g/mol. The van der Waals surface area contributed by atoms with Gasteiger partial charge >= 0.3 is 0 Å². The summed E-state index contributed by atoms with van der Waals surface area (Å²) in [4.78, 5) is 15.6. The molecule has 0 amide bonds. The lowest BCUT2D eigenvalue weighted by molar-refractivity contribution is 0.414. The van der Waals surface area contributed by atoms with Gasteiger partial charge in [-0.15, -0.1) is 23.1 Å². The monoisotopic (exact) mass is 435 g/mol. The highest BCUT2D eigenvalue weighted by molar-refractivity contribution is 7.98. The highest BCUT2D eigenvalue weighted by atomic mass is 32.2. The molecule has 3 heterocycles. The topological polar surface area (TPSA) is 47.9 Å². The van der Waals surface area contributed by atoms with Crippen LogP contribution in [0.15, 0.2) is 35.6 Å². The van der Waals surface area contributed by atoms with Crippen LogP contribution in [-0.2, 0) is 25.0 Å². The van der Waals surface area contributed by atoms with Crippen molar-refractivity contribution in [1.29, 1.82) is 0 Å². The molecule has 0 spiro atoms. The molecule has 0 fully saturated rings. The standard InChI is InChI=1S/C24H25N3OS2/c1-3-6-19-17-7-4-5-8-18(17)20-21-22(30-23(20)27-19)24(26-14-25-21)29-13-15-9-11-16(28-2)12-10-15/h9-12,14H,3-8,13H2,1-2H3. The van der Waals surface area contributed by atoms with Crippen LogP contribution in [0.3, 0.4) is 0 Å². The van der Waals surface area contributed by atoms with E-state index in [9.17, 15) is 0 Å². The lowest BCUT2D eigenvalue weighted by Crippen LogP contribution is -2.09. The first-order chi connectivity index (χ1) is 14.8. The number of ether oxygens (including phenoxy) is 1. The highest BCUT2D eigenvalue weighted by Crippen LogP contribution is 2.42. The van der Waals surface area contributed by atoms with Gasteiger partial charge in [-0.05, 0) is 60.9 Å². The van der Waals surface area contributed by atoms with Gasteiger partial charge < -0.3 is 4.74 Å². The maximum absolute atomic E-state index is 5.26. The number of thiophene rings is 1. The van der Waals surface area contributed by atoms with Gasteiger partial charge in [-0.2, -0.15) is 0 Å². The molecule has 0 saturated heterocycles. The average Bonchev–Trinajstić information content (AvgIpc) is 3.17. The normalized spacial score (nSPS) is 13.7. The van der Waals surface area contributed by atoms with E-state index in [2.05, 4.69) is 24.0 Å². The molecule has 0 unspecified atom stereocenters. The maximum atomic E-state index is 5.26. The van der Waals surface area contributed by atoms with E-state index in [1.807, 2.05) is 12.1 Å². The Bertz CT molecular complexity index is 1200. The first kappa shape index (κ1) is 19.8. The fraction of sp³-hybridized carbons (Fsp3) is 0.375. The van der Waals surface area contributed by atoms with E-state index in [1.54, 1.807) is 36.5 Å². The molecule has 6 heteroatoms. The SMILES string of the molecule is CCCc1nc2sc3c(SCc4ccc(OC)cc4)ncnc3c2c2c1CCCC2. The van der Waals surface area contributed by atoms with E-state index < -0.39 is 0 Å². The van der Waals surface area contributed by atoms with Crippen molar-refractivity contribution >= 4 is 43.5 Å². The Labute approximate surface area is 185 Å². The van der Waals surface area contributed by atoms with Crippen LogP contribution in [0.1, 0.15) is 48.6 Å². The first-order valence-corrected chi connectivity index (χ1v) is 12.4. The van der Waals surface area contributed by atoms with E-state index >= 15 is 0 Å². The van der Waals surface area contributed by atoms with Crippen molar-refractivity contribution in [3.63, 3.8) is 0 Å². The second-order valence-corrected chi connectivity index (χ2v) is 9.71. The molecule has 0 aliphatic heterocycles. The molecule has 0 N–H and O–H groups in total. The van der Waals surface area contributed by atoms with Gasteiger partial charge in [-0.3, -0.25) is 0 Å². The molecule has 0 saturated carbocycles. The summed E-state index contributed by atoms with van der Waals surface area (Å²) in [6.07, 6.45) is 8.77. The molecule has 0 atom stereocenters. The smallest absolute Gasteiger partial charge is 0.126 e. The number of aryl methyl sites for hydroxylation is 2. The van der Waals surface area contributed by atoms with Crippen LogP contribution in [0.5, 0.6) is 5.75 Å². The predicted molar refractivity (Wildman–Crippen MR) is 126 cm³/mol. The minimum atomic E-state index is 0.872. The molecule has 4 aromatic rings. The van der Waals surface area contributed by atoms with Crippen molar-refractivity contribution in [2.45, 2.75) is 56.2 Å². The minimum Gasteiger partial charge on any atom is -0.497 e. The van der Waals surface area contributed by atoms with Crippen LogP contribution in [0.4, 0.5) is 0 Å². The van der Waals surface area contributed by atoms with Crippen molar-refractivity contribution in [3.8, 4) is 5.75 Å². The summed E-state index contributed by atoms with van der Waals surface area (Å²) in [5.74, 6) is 1.76. The van der Waals surface area contributed by atoms with Crippen LogP contribution < -0.4 is 4.74 Å². The molecule has 5 rings (SSSR count). The third kappa shape index (κ3) is 3.56. The van der Waals surface area contributed by atoms with E-state index in [0.717, 1.165) is 52.6 Å². The number of rotatable bonds is 6. The van der Waals surface area contributed by atoms with Gasteiger partial charge in [-0.25, -0.2) is 15.0 Å². The van der Waals surface area contributed by atoms with E-state index in [-0.39, 0.29) is 0 Å². The Kier molecular flexibility index (Phi) is 5.61. The third-order valence-corrected chi connectivity index (χ3v) is 8.07. The van der Waals surface area contributed by atoms with Gasteiger partial charge in [0.05, 0.1) is 17.3 Å². The van der Waals surface area contributed by atoms with Crippen molar-refractivity contribution in [3.05, 3.63) is 53.0 Å². The summed E-state index contributed by atoms with van der Waals surface area (Å²) in [5, 5.41) is 2.35. The van der Waals surface area contributed by atoms with E-state index in [4.69, 9.17) is 14.7 Å². The minimum absolute atomic E-state index is 0.872. The van der Waals surface area contributed by atoms with Crippen molar-refractivity contribution in [1.82, 2.24) is 15.0 Å². The van der Waals surface area contributed by atoms with Crippen molar-refractivity contribution < 1.29 is 4.74 Å². The number of pyridine rings is 1. The van der Waals surface area contributed by atoms with E-state index in [1.165, 1.54) is 45.3 Å². The summed E-state index contributed by atoms with van der Waals surface area (Å²) in [7, 11) is 1.70. The number of hydrogen-bond donors (Lipinski definition) is 0. The van der Waals surface area contributed by atoms with Gasteiger partial charge in [0, 0.05) is 16.8 Å². The van der Waals surface area contributed by atoms with Crippen LogP contribution in [0.2, 0.25) is 0 Å². The molecular formula is C24H25N3OS2. The van der Waals surface area contributed by atoms with Crippen LogP contribution in [-0.4, -0.2) is 22.1 Å². The quantitative estimate of drug-likeness (QED) is 0.260. The summed E-state index contributed by atoms with van der Waals surface area (Å²) >= 11 is 3.54. The molecule has 4 nitrogen and oxygen atoms in total. The Morgan fingerprint density at radius 2 is 1.87 bits per heavy atom. The van der Waals surface area contributed by atoms with Crippen LogP contribution >= 0.6 is 23.1 Å². The number of aromatic nitrogens is 3. The van der Waals surface area contributed by atoms with Gasteiger partial charge in [0.2, 0.25) is 0 Å². The Morgan fingerprint density at radius 1 is 1.07 bits per heavy atom. The molecule has 0 radical (unpaired) electrons. The summed E-state index contributed by atoms with van der Waals surface area (Å²) < 4.78 is 6.44. The summed E-state index contributed by atoms with van der Waals surface area (Å²) in [6.45, 7) is 2.24. The number of benzene rings is 1. The molecule has 154 valence electrons. The zero-order valence-corrected chi connectivity index (χ0v) is 19.0. The van der Waals surface area contributed by atoms with Gasteiger partial charge in [-0.1, -0.05) is 25.5 Å². The Balaban J connectivity index is 1.56.